The second-order valence-electron chi connectivity index (χ2n) is 6.33. The number of thiazole rings is 1. The molecule has 2 N–H and O–H groups in total. The molecule has 0 fully saturated rings. The fourth-order valence-electron chi connectivity index (χ4n) is 2.94. The Balaban J connectivity index is 1.84. The molecule has 29 heavy (non-hydrogen) atoms. The summed E-state index contributed by atoms with van der Waals surface area (Å²) in [5.41, 5.74) is 0.706. The van der Waals surface area contributed by atoms with Crippen LogP contribution in [0.2, 0.25) is 5.15 Å². The van der Waals surface area contributed by atoms with Gasteiger partial charge in [-0.05, 0) is 12.1 Å². The fourth-order valence-corrected chi connectivity index (χ4v) is 5.47. The minimum atomic E-state index is -4.14. The Kier molecular flexibility index (Phi) is 4.60. The molecule has 1 amide bonds. The number of rotatable bonds is 5. The van der Waals surface area contributed by atoms with Crippen LogP contribution >= 0.6 is 22.9 Å². The van der Waals surface area contributed by atoms with E-state index in [1.165, 1.54) is 42.1 Å². The smallest absolute Gasteiger partial charge is 0.294 e. The molecule has 1 aromatic carbocycles. The van der Waals surface area contributed by atoms with Gasteiger partial charge in [0.2, 0.25) is 0 Å². The lowest BCUT2D eigenvalue weighted by molar-refractivity contribution is -0.124. The number of carbonyl (C=O) groups is 2. The molecule has 0 spiro atoms. The number of ketones is 1. The predicted molar refractivity (Wildman–Crippen MR) is 110 cm³/mol. The average Bonchev–Trinajstić information content (AvgIpc) is 3.34. The first-order chi connectivity index (χ1) is 13.7. The molecule has 4 rings (SSSR count). The Morgan fingerprint density at radius 2 is 2.07 bits per heavy atom. The van der Waals surface area contributed by atoms with E-state index >= 15 is 0 Å². The van der Waals surface area contributed by atoms with Crippen LogP contribution in [0, 0.1) is 0 Å². The molecular formula is C17H14ClN5O4S2. The van der Waals surface area contributed by atoms with E-state index in [9.17, 15) is 18.0 Å². The van der Waals surface area contributed by atoms with Crippen LogP contribution in [0.4, 0.5) is 5.69 Å². The van der Waals surface area contributed by atoms with Crippen molar-refractivity contribution in [2.45, 2.75) is 5.03 Å². The highest BCUT2D eigenvalue weighted by Gasteiger charge is 2.28. The molecule has 0 radical (unpaired) electrons. The summed E-state index contributed by atoms with van der Waals surface area (Å²) in [6.07, 6.45) is 2.93. The number of hydrogen-bond donors (Lipinski definition) is 2. The van der Waals surface area contributed by atoms with Crippen molar-refractivity contribution in [3.05, 3.63) is 46.7 Å². The van der Waals surface area contributed by atoms with Crippen molar-refractivity contribution < 1.29 is 18.0 Å². The summed E-state index contributed by atoms with van der Waals surface area (Å²) in [5.74, 6) is -1.47. The molecule has 0 aliphatic carbocycles. The van der Waals surface area contributed by atoms with Crippen molar-refractivity contribution in [1.82, 2.24) is 19.3 Å². The van der Waals surface area contributed by atoms with Crippen LogP contribution in [0.25, 0.3) is 15.9 Å². The Morgan fingerprint density at radius 1 is 1.31 bits per heavy atom. The molecular weight excluding hydrogens is 438 g/mol. The molecule has 0 unspecified atom stereocenters. The van der Waals surface area contributed by atoms with E-state index < -0.39 is 21.7 Å². The lowest BCUT2D eigenvalue weighted by atomic mass is 10.1. The van der Waals surface area contributed by atoms with E-state index in [0.29, 0.717) is 15.9 Å². The molecule has 4 aromatic rings. The SMILES string of the molecule is CN(C)C(=O)C(=O)c1c[nH]c2cccc(NS(=O)(=O)c3c(Cl)nc4sccn34)c12. The number of sulfonamides is 1. The second kappa shape index (κ2) is 6.87. The summed E-state index contributed by atoms with van der Waals surface area (Å²) in [6, 6.07) is 4.80. The highest BCUT2D eigenvalue weighted by Crippen LogP contribution is 2.31. The Labute approximate surface area is 174 Å². The van der Waals surface area contributed by atoms with Gasteiger partial charge in [-0.3, -0.25) is 18.7 Å². The molecule has 12 heteroatoms. The molecule has 9 nitrogen and oxygen atoms in total. The maximum atomic E-state index is 13.1. The highest BCUT2D eigenvalue weighted by atomic mass is 35.5. The van der Waals surface area contributed by atoms with Gasteiger partial charge in [0.25, 0.3) is 21.7 Å². The third kappa shape index (κ3) is 3.16. The van der Waals surface area contributed by atoms with Crippen molar-refractivity contribution in [2.24, 2.45) is 0 Å². The molecule has 0 atom stereocenters. The lowest BCUT2D eigenvalue weighted by Gasteiger charge is -2.11. The molecule has 0 saturated heterocycles. The Morgan fingerprint density at radius 3 is 2.79 bits per heavy atom. The topological polar surface area (TPSA) is 117 Å². The summed E-state index contributed by atoms with van der Waals surface area (Å²) in [7, 11) is -1.21. The fraction of sp³-hybridized carbons (Fsp3) is 0.118. The van der Waals surface area contributed by atoms with Gasteiger partial charge in [-0.25, -0.2) is 4.98 Å². The van der Waals surface area contributed by atoms with Gasteiger partial charge >= 0.3 is 0 Å². The van der Waals surface area contributed by atoms with E-state index in [4.69, 9.17) is 11.6 Å². The molecule has 0 saturated carbocycles. The van der Waals surface area contributed by atoms with Gasteiger partial charge in [0.05, 0.1) is 11.3 Å². The number of fused-ring (bicyclic) bond motifs is 2. The lowest BCUT2D eigenvalue weighted by Crippen LogP contribution is -2.29. The number of halogens is 1. The first kappa shape index (κ1) is 19.4. The number of Topliss-reactive ketones (excluding diaryl/α,β-unsaturated/α-hetero) is 1. The number of aromatic nitrogens is 3. The number of imidazole rings is 1. The monoisotopic (exact) mass is 451 g/mol. The van der Waals surface area contributed by atoms with Crippen LogP contribution in [-0.2, 0) is 14.8 Å². The summed E-state index contributed by atoms with van der Waals surface area (Å²) < 4.78 is 30.0. The first-order valence-electron chi connectivity index (χ1n) is 8.20. The third-order valence-corrected chi connectivity index (χ3v) is 6.75. The molecule has 0 aliphatic rings. The van der Waals surface area contributed by atoms with Crippen LogP contribution in [0.5, 0.6) is 0 Å². The minimum absolute atomic E-state index is 0.0667. The van der Waals surface area contributed by atoms with Crippen molar-refractivity contribution in [3.63, 3.8) is 0 Å². The average molecular weight is 452 g/mol. The van der Waals surface area contributed by atoms with E-state index in [1.807, 2.05) is 0 Å². The third-order valence-electron chi connectivity index (χ3n) is 4.23. The quantitative estimate of drug-likeness (QED) is 0.357. The van der Waals surface area contributed by atoms with Gasteiger partial charge in [0.15, 0.2) is 15.1 Å². The van der Waals surface area contributed by atoms with Gasteiger partial charge < -0.3 is 9.88 Å². The Hall–Kier alpha value is -2.89. The standard InChI is InChI=1S/C17H14ClN5O4S2/c1-22(2)15(25)13(24)9-8-19-10-4-3-5-11(12(9)10)21-29(26,27)16-14(18)20-17-23(16)6-7-28-17/h3-8,19,21H,1-2H3. The zero-order chi connectivity index (χ0) is 20.9. The van der Waals surface area contributed by atoms with Crippen molar-refractivity contribution >= 4 is 66.2 Å². The zero-order valence-electron chi connectivity index (χ0n) is 15.1. The normalized spacial score (nSPS) is 11.8. The number of aromatic amines is 1. The number of nitrogens with one attached hydrogen (secondary N) is 2. The number of carbonyl (C=O) groups excluding carboxylic acids is 2. The van der Waals surface area contributed by atoms with Gasteiger partial charge in [-0.1, -0.05) is 17.7 Å². The van der Waals surface area contributed by atoms with Gasteiger partial charge in [0, 0.05) is 42.8 Å². The summed E-state index contributed by atoms with van der Waals surface area (Å²) in [6.45, 7) is 0. The van der Waals surface area contributed by atoms with E-state index in [0.717, 1.165) is 4.90 Å². The molecule has 3 aromatic heterocycles. The number of anilines is 1. The summed E-state index contributed by atoms with van der Waals surface area (Å²) in [4.78, 5) is 33.2. The van der Waals surface area contributed by atoms with Crippen molar-refractivity contribution in [1.29, 1.82) is 0 Å². The molecule has 150 valence electrons. The largest absolute Gasteiger partial charge is 0.360 e. The number of amides is 1. The van der Waals surface area contributed by atoms with Gasteiger partial charge in [-0.15, -0.1) is 11.3 Å². The van der Waals surface area contributed by atoms with Crippen LogP contribution in [0.15, 0.2) is 41.0 Å². The van der Waals surface area contributed by atoms with Crippen molar-refractivity contribution in [3.8, 4) is 0 Å². The molecule has 3 heterocycles. The number of hydrogen-bond acceptors (Lipinski definition) is 6. The molecule has 0 aliphatic heterocycles. The second-order valence-corrected chi connectivity index (χ2v) is 9.16. The van der Waals surface area contributed by atoms with Crippen LogP contribution < -0.4 is 4.72 Å². The van der Waals surface area contributed by atoms with E-state index in [1.54, 1.807) is 23.7 Å². The van der Waals surface area contributed by atoms with Gasteiger partial charge in [0.1, 0.15) is 0 Å². The highest BCUT2D eigenvalue weighted by molar-refractivity contribution is 7.92. The van der Waals surface area contributed by atoms with E-state index in [2.05, 4.69) is 14.7 Å². The van der Waals surface area contributed by atoms with Crippen LogP contribution in [0.1, 0.15) is 10.4 Å². The maximum absolute atomic E-state index is 13.1. The summed E-state index contributed by atoms with van der Waals surface area (Å²) >= 11 is 7.30. The number of H-pyrrole nitrogens is 1. The zero-order valence-corrected chi connectivity index (χ0v) is 17.5. The predicted octanol–water partition coefficient (Wildman–Crippen LogP) is 2.60. The number of likely N-dealkylation sites (N-methyl/N-ethyl adjacent to an activating group) is 1. The minimum Gasteiger partial charge on any atom is -0.360 e. The number of nitrogens with zero attached hydrogens (tertiary/aromatic N) is 3. The number of benzene rings is 1. The van der Waals surface area contributed by atoms with Gasteiger partial charge in [-0.2, -0.15) is 8.42 Å². The summed E-state index contributed by atoms with van der Waals surface area (Å²) in [5, 5.41) is 1.61. The maximum Gasteiger partial charge on any atom is 0.294 e. The Bertz CT molecular complexity index is 1380. The van der Waals surface area contributed by atoms with Crippen LogP contribution in [0.3, 0.4) is 0 Å². The molecule has 0 bridgehead atoms. The van der Waals surface area contributed by atoms with Crippen molar-refractivity contribution in [2.75, 3.05) is 18.8 Å². The van der Waals surface area contributed by atoms with E-state index in [-0.39, 0.29) is 21.4 Å². The first-order valence-corrected chi connectivity index (χ1v) is 10.9. The van der Waals surface area contributed by atoms with Crippen LogP contribution in [-0.4, -0.2) is 53.5 Å².